The largest absolute Gasteiger partial charge is 0.334 e. The van der Waals surface area contributed by atoms with Gasteiger partial charge in [0.25, 0.3) is 0 Å². The number of nitrogens with zero attached hydrogens (tertiary/aromatic N) is 3. The number of aryl methyl sites for hydroxylation is 2. The van der Waals surface area contributed by atoms with Gasteiger partial charge in [0.1, 0.15) is 11.9 Å². The molecule has 3 aromatic rings. The normalized spacial score (nSPS) is 14.4. The number of benzene rings is 2. The Hall–Kier alpha value is -2.92. The second-order valence-electron chi connectivity index (χ2n) is 7.80. The zero-order chi connectivity index (χ0) is 20.9. The summed E-state index contributed by atoms with van der Waals surface area (Å²) in [5, 5.41) is 3.15. The molecule has 5 heteroatoms. The highest BCUT2D eigenvalue weighted by Crippen LogP contribution is 2.27. The summed E-state index contributed by atoms with van der Waals surface area (Å²) in [5.74, 6) is 1.16. The summed E-state index contributed by atoms with van der Waals surface area (Å²) in [5.41, 5.74) is 3.83. The average molecular weight is 403 g/mol. The van der Waals surface area contributed by atoms with Crippen molar-refractivity contribution in [2.24, 2.45) is 0 Å². The van der Waals surface area contributed by atoms with Crippen molar-refractivity contribution in [3.05, 3.63) is 72.2 Å². The van der Waals surface area contributed by atoms with Gasteiger partial charge in [-0.25, -0.2) is 4.98 Å². The van der Waals surface area contributed by atoms with Crippen LogP contribution in [0.5, 0.6) is 0 Å². The van der Waals surface area contributed by atoms with Crippen LogP contribution in [0.15, 0.2) is 60.8 Å². The number of hydrogen-bond acceptors (Lipinski definition) is 3. The van der Waals surface area contributed by atoms with E-state index in [-0.39, 0.29) is 11.9 Å². The Kier molecular flexibility index (Phi) is 6.29. The van der Waals surface area contributed by atoms with Gasteiger partial charge >= 0.3 is 0 Å². The Bertz CT molecular complexity index is 968. The first kappa shape index (κ1) is 20.4. The molecular weight excluding hydrogens is 372 g/mol. The molecule has 1 aliphatic rings. The van der Waals surface area contributed by atoms with Crippen molar-refractivity contribution in [1.82, 2.24) is 14.5 Å². The number of carbonyl (C=O) groups excluding carboxylic acids is 1. The van der Waals surface area contributed by atoms with Crippen LogP contribution in [0.2, 0.25) is 0 Å². The van der Waals surface area contributed by atoms with Gasteiger partial charge in [0.05, 0.1) is 5.69 Å². The summed E-state index contributed by atoms with van der Waals surface area (Å²) in [6.45, 7) is 6.84. The van der Waals surface area contributed by atoms with Gasteiger partial charge in [0.15, 0.2) is 0 Å². The Labute approximate surface area is 178 Å². The molecule has 0 aliphatic carbocycles. The molecule has 4 rings (SSSR count). The quantitative estimate of drug-likeness (QED) is 0.611. The SMILES string of the molecule is CCN(CC)C(C(=O)Nc1cccc(-c2cn3c(n2)CCCC3)c1)c1ccccc1. The molecule has 5 nitrogen and oxygen atoms in total. The maximum absolute atomic E-state index is 13.3. The monoisotopic (exact) mass is 402 g/mol. The van der Waals surface area contributed by atoms with E-state index in [0.717, 1.165) is 54.4 Å². The third-order valence-corrected chi connectivity index (χ3v) is 5.88. The molecule has 0 spiro atoms. The lowest BCUT2D eigenvalue weighted by Gasteiger charge is -2.29. The van der Waals surface area contributed by atoms with E-state index in [2.05, 4.69) is 40.9 Å². The Morgan fingerprint density at radius 3 is 2.63 bits per heavy atom. The topological polar surface area (TPSA) is 50.2 Å². The number of fused-ring (bicyclic) bond motifs is 1. The lowest BCUT2D eigenvalue weighted by Crippen LogP contribution is -2.37. The fraction of sp³-hybridized carbons (Fsp3) is 0.360. The lowest BCUT2D eigenvalue weighted by molar-refractivity contribution is -0.121. The molecule has 0 saturated heterocycles. The van der Waals surface area contributed by atoms with Crippen LogP contribution in [-0.2, 0) is 17.8 Å². The molecule has 2 heterocycles. The molecular formula is C25H30N4O. The average Bonchev–Trinajstić information content (AvgIpc) is 3.22. The van der Waals surface area contributed by atoms with Crippen molar-refractivity contribution in [2.75, 3.05) is 18.4 Å². The summed E-state index contributed by atoms with van der Waals surface area (Å²) in [7, 11) is 0. The fourth-order valence-electron chi connectivity index (χ4n) is 4.27. The van der Waals surface area contributed by atoms with Crippen LogP contribution in [0.3, 0.4) is 0 Å². The lowest BCUT2D eigenvalue weighted by atomic mass is 10.0. The first-order valence-electron chi connectivity index (χ1n) is 11.0. The third-order valence-electron chi connectivity index (χ3n) is 5.88. The number of imidazole rings is 1. The van der Waals surface area contributed by atoms with E-state index in [1.54, 1.807) is 0 Å². The molecule has 2 aromatic carbocycles. The van der Waals surface area contributed by atoms with Crippen molar-refractivity contribution in [3.63, 3.8) is 0 Å². The van der Waals surface area contributed by atoms with Gasteiger partial charge in [-0.05, 0) is 43.6 Å². The zero-order valence-corrected chi connectivity index (χ0v) is 17.8. The minimum absolute atomic E-state index is 0.00816. The molecule has 0 radical (unpaired) electrons. The fourth-order valence-corrected chi connectivity index (χ4v) is 4.27. The summed E-state index contributed by atoms with van der Waals surface area (Å²) < 4.78 is 2.26. The standard InChI is InChI=1S/C25H30N4O/c1-3-28(4-2)24(19-11-6-5-7-12-19)25(30)26-21-14-10-13-20(17-21)22-18-29-16-9-8-15-23(29)27-22/h5-7,10-14,17-18,24H,3-4,8-9,15-16H2,1-2H3,(H,26,30). The molecule has 156 valence electrons. The van der Waals surface area contributed by atoms with Crippen LogP contribution in [0.4, 0.5) is 5.69 Å². The first-order valence-corrected chi connectivity index (χ1v) is 11.0. The first-order chi connectivity index (χ1) is 14.7. The second-order valence-corrected chi connectivity index (χ2v) is 7.80. The Balaban J connectivity index is 1.57. The summed E-state index contributed by atoms with van der Waals surface area (Å²) in [6, 6.07) is 17.7. The number of likely N-dealkylation sites (N-methyl/N-ethyl adjacent to an activating group) is 1. The second kappa shape index (κ2) is 9.26. The van der Waals surface area contributed by atoms with Gasteiger partial charge < -0.3 is 9.88 Å². The Morgan fingerprint density at radius 2 is 1.90 bits per heavy atom. The van der Waals surface area contributed by atoms with E-state index in [0.29, 0.717) is 0 Å². The minimum atomic E-state index is -0.315. The molecule has 1 unspecified atom stereocenters. The number of rotatable bonds is 7. The number of amides is 1. The van der Waals surface area contributed by atoms with Crippen molar-refractivity contribution >= 4 is 11.6 Å². The molecule has 0 fully saturated rings. The third kappa shape index (κ3) is 4.31. The number of anilines is 1. The van der Waals surface area contributed by atoms with Crippen molar-refractivity contribution < 1.29 is 4.79 Å². The number of carbonyl (C=O) groups is 1. The minimum Gasteiger partial charge on any atom is -0.334 e. The Morgan fingerprint density at radius 1 is 1.10 bits per heavy atom. The van der Waals surface area contributed by atoms with E-state index < -0.39 is 0 Å². The van der Waals surface area contributed by atoms with Crippen LogP contribution >= 0.6 is 0 Å². The highest BCUT2D eigenvalue weighted by molar-refractivity contribution is 5.96. The van der Waals surface area contributed by atoms with Crippen molar-refractivity contribution in [2.45, 2.75) is 45.7 Å². The van der Waals surface area contributed by atoms with E-state index in [4.69, 9.17) is 4.98 Å². The number of nitrogens with one attached hydrogen (secondary N) is 1. The van der Waals surface area contributed by atoms with Crippen molar-refractivity contribution in [3.8, 4) is 11.3 Å². The number of aromatic nitrogens is 2. The molecule has 1 aromatic heterocycles. The smallest absolute Gasteiger partial charge is 0.246 e. The molecule has 0 saturated carbocycles. The summed E-state index contributed by atoms with van der Waals surface area (Å²) >= 11 is 0. The molecule has 1 N–H and O–H groups in total. The van der Waals surface area contributed by atoms with Gasteiger partial charge in [-0.1, -0.05) is 56.3 Å². The van der Waals surface area contributed by atoms with Gasteiger partial charge in [0, 0.05) is 30.4 Å². The van der Waals surface area contributed by atoms with Gasteiger partial charge in [-0.2, -0.15) is 0 Å². The highest BCUT2D eigenvalue weighted by atomic mass is 16.2. The molecule has 1 amide bonds. The van der Waals surface area contributed by atoms with Gasteiger partial charge in [0.2, 0.25) is 5.91 Å². The van der Waals surface area contributed by atoms with E-state index in [9.17, 15) is 4.79 Å². The predicted octanol–water partition coefficient (Wildman–Crippen LogP) is 4.91. The molecule has 1 aliphatic heterocycles. The summed E-state index contributed by atoms with van der Waals surface area (Å²) in [4.78, 5) is 20.3. The van der Waals surface area contributed by atoms with Crippen LogP contribution in [0.1, 0.15) is 44.1 Å². The van der Waals surface area contributed by atoms with Crippen LogP contribution in [0, 0.1) is 0 Å². The van der Waals surface area contributed by atoms with Gasteiger partial charge in [-0.3, -0.25) is 9.69 Å². The molecule has 30 heavy (non-hydrogen) atoms. The number of hydrogen-bond donors (Lipinski definition) is 1. The maximum Gasteiger partial charge on any atom is 0.246 e. The van der Waals surface area contributed by atoms with Crippen LogP contribution in [-0.4, -0.2) is 33.4 Å². The van der Waals surface area contributed by atoms with Crippen molar-refractivity contribution in [1.29, 1.82) is 0 Å². The predicted molar refractivity (Wildman–Crippen MR) is 121 cm³/mol. The van der Waals surface area contributed by atoms with E-state index >= 15 is 0 Å². The summed E-state index contributed by atoms with van der Waals surface area (Å²) in [6.07, 6.45) is 5.60. The van der Waals surface area contributed by atoms with E-state index in [1.807, 2.05) is 48.5 Å². The van der Waals surface area contributed by atoms with Crippen LogP contribution in [0.25, 0.3) is 11.3 Å². The zero-order valence-electron chi connectivity index (χ0n) is 17.8. The van der Waals surface area contributed by atoms with Crippen LogP contribution < -0.4 is 5.32 Å². The molecule has 0 bridgehead atoms. The highest BCUT2D eigenvalue weighted by Gasteiger charge is 2.26. The van der Waals surface area contributed by atoms with E-state index in [1.165, 1.54) is 12.8 Å². The molecule has 1 atom stereocenters. The maximum atomic E-state index is 13.3. The van der Waals surface area contributed by atoms with Gasteiger partial charge in [-0.15, -0.1) is 0 Å².